The summed E-state index contributed by atoms with van der Waals surface area (Å²) in [6, 6.07) is 9.52. The molecule has 1 fully saturated rings. The number of anilines is 1. The Kier molecular flexibility index (Phi) is 4.66. The molecule has 1 amide bonds. The molecule has 3 aromatic rings. The van der Waals surface area contributed by atoms with Crippen molar-refractivity contribution in [3.8, 4) is 0 Å². The highest BCUT2D eigenvalue weighted by molar-refractivity contribution is 6.31. The lowest BCUT2D eigenvalue weighted by atomic mass is 10.2. The maximum absolute atomic E-state index is 12.8. The number of benzene rings is 1. The molecule has 9 heteroatoms. The Morgan fingerprint density at radius 2 is 1.82 bits per heavy atom. The number of aromatic nitrogens is 2. The number of fused-ring (bicyclic) bond motifs is 1. The van der Waals surface area contributed by atoms with Crippen LogP contribution in [-0.4, -0.2) is 47.0 Å². The summed E-state index contributed by atoms with van der Waals surface area (Å²) < 4.78 is 38.0. The van der Waals surface area contributed by atoms with E-state index in [-0.39, 0.29) is 5.91 Å². The molecule has 2 aromatic heterocycles. The average Bonchev–Trinajstić information content (AvgIpc) is 3.10. The van der Waals surface area contributed by atoms with Crippen molar-refractivity contribution in [2.75, 3.05) is 31.1 Å². The molecule has 0 atom stereocenters. The van der Waals surface area contributed by atoms with Crippen LogP contribution in [0, 0.1) is 0 Å². The van der Waals surface area contributed by atoms with Gasteiger partial charge in [0.15, 0.2) is 0 Å². The number of carbonyl (C=O) groups is 1. The third kappa shape index (κ3) is 3.64. The van der Waals surface area contributed by atoms with Gasteiger partial charge in [-0.25, -0.2) is 4.98 Å². The predicted molar refractivity (Wildman–Crippen MR) is 101 cm³/mol. The van der Waals surface area contributed by atoms with Gasteiger partial charge in [0.2, 0.25) is 0 Å². The van der Waals surface area contributed by atoms with Gasteiger partial charge in [0.1, 0.15) is 11.5 Å². The Balaban J connectivity index is 1.42. The van der Waals surface area contributed by atoms with Crippen molar-refractivity contribution in [3.05, 3.63) is 58.9 Å². The molecule has 3 heterocycles. The number of rotatable bonds is 2. The monoisotopic (exact) mass is 408 g/mol. The molecule has 4 rings (SSSR count). The van der Waals surface area contributed by atoms with Crippen LogP contribution in [0.4, 0.5) is 19.0 Å². The standard InChI is InChI=1S/C19H16ClF3N4O/c20-14-2-3-15-12(9-14)10-16(25-15)18(28)27-7-5-26(6-8-27)17-4-1-13(11-24-17)19(21,22)23/h1-4,9-11,25H,5-8H2. The molecule has 0 radical (unpaired) electrons. The van der Waals surface area contributed by atoms with E-state index in [0.29, 0.717) is 42.7 Å². The van der Waals surface area contributed by atoms with Crippen LogP contribution in [0.15, 0.2) is 42.6 Å². The summed E-state index contributed by atoms with van der Waals surface area (Å²) in [7, 11) is 0. The predicted octanol–water partition coefficient (Wildman–Crippen LogP) is 4.20. The van der Waals surface area contributed by atoms with Crippen molar-refractivity contribution >= 4 is 34.2 Å². The van der Waals surface area contributed by atoms with Crippen molar-refractivity contribution in [2.24, 2.45) is 0 Å². The van der Waals surface area contributed by atoms with Crippen molar-refractivity contribution in [3.63, 3.8) is 0 Å². The zero-order valence-electron chi connectivity index (χ0n) is 14.6. The summed E-state index contributed by atoms with van der Waals surface area (Å²) >= 11 is 5.98. The van der Waals surface area contributed by atoms with E-state index in [0.717, 1.165) is 23.2 Å². The van der Waals surface area contributed by atoms with E-state index < -0.39 is 11.7 Å². The van der Waals surface area contributed by atoms with Gasteiger partial charge in [-0.05, 0) is 36.4 Å². The number of hydrogen-bond acceptors (Lipinski definition) is 3. The molecule has 0 aliphatic carbocycles. The maximum atomic E-state index is 12.8. The minimum atomic E-state index is -4.40. The van der Waals surface area contributed by atoms with E-state index in [4.69, 9.17) is 11.6 Å². The number of pyridine rings is 1. The van der Waals surface area contributed by atoms with Crippen LogP contribution in [0.2, 0.25) is 5.02 Å². The maximum Gasteiger partial charge on any atom is 0.417 e. The van der Waals surface area contributed by atoms with Crippen molar-refractivity contribution < 1.29 is 18.0 Å². The van der Waals surface area contributed by atoms with Crippen LogP contribution in [0.3, 0.4) is 0 Å². The lowest BCUT2D eigenvalue weighted by Gasteiger charge is -2.35. The van der Waals surface area contributed by atoms with E-state index in [2.05, 4.69) is 9.97 Å². The van der Waals surface area contributed by atoms with Crippen LogP contribution in [0.1, 0.15) is 16.1 Å². The molecule has 1 saturated heterocycles. The first-order valence-corrected chi connectivity index (χ1v) is 9.05. The number of halogens is 4. The minimum Gasteiger partial charge on any atom is -0.353 e. The number of aromatic amines is 1. The number of hydrogen-bond donors (Lipinski definition) is 1. The Morgan fingerprint density at radius 1 is 1.07 bits per heavy atom. The number of H-pyrrole nitrogens is 1. The fourth-order valence-corrected chi connectivity index (χ4v) is 3.45. The second-order valence-corrected chi connectivity index (χ2v) is 7.03. The molecule has 1 N–H and O–H groups in total. The molecule has 1 aliphatic heterocycles. The van der Waals surface area contributed by atoms with E-state index in [1.165, 1.54) is 6.07 Å². The van der Waals surface area contributed by atoms with E-state index >= 15 is 0 Å². The Bertz CT molecular complexity index is 1010. The van der Waals surface area contributed by atoms with Gasteiger partial charge < -0.3 is 14.8 Å². The summed E-state index contributed by atoms with van der Waals surface area (Å²) in [5.74, 6) is 0.354. The summed E-state index contributed by atoms with van der Waals surface area (Å²) in [5, 5.41) is 1.46. The second kappa shape index (κ2) is 7.01. The van der Waals surface area contributed by atoms with E-state index in [1.807, 2.05) is 11.0 Å². The largest absolute Gasteiger partial charge is 0.417 e. The van der Waals surface area contributed by atoms with Gasteiger partial charge in [-0.3, -0.25) is 4.79 Å². The molecular weight excluding hydrogens is 393 g/mol. The molecule has 1 aromatic carbocycles. The number of nitrogens with one attached hydrogen (secondary N) is 1. The third-order valence-electron chi connectivity index (χ3n) is 4.78. The average molecular weight is 409 g/mol. The van der Waals surface area contributed by atoms with Gasteiger partial charge in [0.25, 0.3) is 5.91 Å². The second-order valence-electron chi connectivity index (χ2n) is 6.60. The Hall–Kier alpha value is -2.74. The van der Waals surface area contributed by atoms with Crippen LogP contribution >= 0.6 is 11.6 Å². The summed E-state index contributed by atoms with van der Waals surface area (Å²) in [5.41, 5.74) is 0.544. The zero-order chi connectivity index (χ0) is 19.9. The van der Waals surface area contributed by atoms with E-state index in [1.54, 1.807) is 23.1 Å². The van der Waals surface area contributed by atoms with Crippen molar-refractivity contribution in [1.82, 2.24) is 14.9 Å². The summed E-state index contributed by atoms with van der Waals surface area (Å²) in [6.45, 7) is 1.90. The molecule has 1 aliphatic rings. The van der Waals surface area contributed by atoms with Gasteiger partial charge >= 0.3 is 6.18 Å². The Morgan fingerprint density at radius 3 is 2.46 bits per heavy atom. The van der Waals surface area contributed by atoms with E-state index in [9.17, 15) is 18.0 Å². The number of piperazine rings is 1. The number of carbonyl (C=O) groups excluding carboxylic acids is 1. The van der Waals surface area contributed by atoms with Crippen LogP contribution in [0.25, 0.3) is 10.9 Å². The highest BCUT2D eigenvalue weighted by atomic mass is 35.5. The molecular formula is C19H16ClF3N4O. The number of alkyl halides is 3. The highest BCUT2D eigenvalue weighted by Crippen LogP contribution is 2.29. The fourth-order valence-electron chi connectivity index (χ4n) is 3.27. The first-order valence-electron chi connectivity index (χ1n) is 8.67. The van der Waals surface area contributed by atoms with Crippen LogP contribution in [0.5, 0.6) is 0 Å². The highest BCUT2D eigenvalue weighted by Gasteiger charge is 2.31. The van der Waals surface area contributed by atoms with Gasteiger partial charge in [-0.2, -0.15) is 13.2 Å². The number of amides is 1. The van der Waals surface area contributed by atoms with Gasteiger partial charge in [0.05, 0.1) is 5.56 Å². The lowest BCUT2D eigenvalue weighted by Crippen LogP contribution is -2.49. The molecule has 28 heavy (non-hydrogen) atoms. The molecule has 5 nitrogen and oxygen atoms in total. The topological polar surface area (TPSA) is 52.2 Å². The Labute approximate surface area is 163 Å². The third-order valence-corrected chi connectivity index (χ3v) is 5.01. The van der Waals surface area contributed by atoms with Gasteiger partial charge in [0, 0.05) is 48.3 Å². The van der Waals surface area contributed by atoms with Gasteiger partial charge in [-0.1, -0.05) is 11.6 Å². The summed E-state index contributed by atoms with van der Waals surface area (Å²) in [6.07, 6.45) is -3.57. The molecule has 0 bridgehead atoms. The smallest absolute Gasteiger partial charge is 0.353 e. The molecule has 0 spiro atoms. The molecule has 146 valence electrons. The quantitative estimate of drug-likeness (QED) is 0.691. The zero-order valence-corrected chi connectivity index (χ0v) is 15.4. The molecule has 0 unspecified atom stereocenters. The normalized spacial score (nSPS) is 15.3. The van der Waals surface area contributed by atoms with Crippen LogP contribution < -0.4 is 4.90 Å². The first-order chi connectivity index (χ1) is 13.3. The first kappa shape index (κ1) is 18.6. The van der Waals surface area contributed by atoms with Crippen LogP contribution in [-0.2, 0) is 6.18 Å². The van der Waals surface area contributed by atoms with Crippen molar-refractivity contribution in [1.29, 1.82) is 0 Å². The SMILES string of the molecule is O=C(c1cc2cc(Cl)ccc2[nH]1)N1CCN(c2ccc(C(F)(F)F)cn2)CC1. The van der Waals surface area contributed by atoms with Crippen molar-refractivity contribution in [2.45, 2.75) is 6.18 Å². The summed E-state index contributed by atoms with van der Waals surface area (Å²) in [4.78, 5) is 23.4. The fraction of sp³-hybridized carbons (Fsp3) is 0.263. The number of nitrogens with zero attached hydrogens (tertiary/aromatic N) is 3. The molecule has 0 saturated carbocycles. The minimum absolute atomic E-state index is 0.118. The lowest BCUT2D eigenvalue weighted by molar-refractivity contribution is -0.137. The van der Waals surface area contributed by atoms with Gasteiger partial charge in [-0.15, -0.1) is 0 Å².